The second-order valence-electron chi connectivity index (χ2n) is 7.24. The third kappa shape index (κ3) is 3.23. The van der Waals surface area contributed by atoms with Crippen LogP contribution in [-0.2, 0) is 11.3 Å². The number of aromatic nitrogens is 2. The van der Waals surface area contributed by atoms with Crippen molar-refractivity contribution < 1.29 is 9.59 Å². The molecule has 1 aliphatic heterocycles. The maximum atomic E-state index is 13.2. The molecule has 1 saturated heterocycles. The maximum absolute atomic E-state index is 13.2. The van der Waals surface area contributed by atoms with E-state index in [4.69, 9.17) is 0 Å². The predicted octanol–water partition coefficient (Wildman–Crippen LogP) is 2.50. The van der Waals surface area contributed by atoms with E-state index in [9.17, 15) is 9.59 Å². The van der Waals surface area contributed by atoms with E-state index in [1.165, 1.54) is 6.42 Å². The van der Waals surface area contributed by atoms with Gasteiger partial charge in [-0.05, 0) is 43.4 Å². The Kier molecular flexibility index (Phi) is 4.73. The number of carbonyl (C=O) groups is 2. The van der Waals surface area contributed by atoms with Crippen molar-refractivity contribution in [2.45, 2.75) is 50.7 Å². The molecule has 6 nitrogen and oxygen atoms in total. The minimum atomic E-state index is -0.390. The summed E-state index contributed by atoms with van der Waals surface area (Å²) in [6.07, 6.45) is 6.84. The van der Waals surface area contributed by atoms with Gasteiger partial charge in [0.1, 0.15) is 6.04 Å². The first-order chi connectivity index (χ1) is 12.7. The molecule has 1 aromatic heterocycles. The average molecular weight is 352 g/mol. The molecule has 4 rings (SSSR count). The minimum absolute atomic E-state index is 0.0262. The zero-order valence-electron chi connectivity index (χ0n) is 14.7. The monoisotopic (exact) mass is 352 g/mol. The molecule has 1 aliphatic carbocycles. The third-order valence-electron chi connectivity index (χ3n) is 5.66. The molecule has 2 heterocycles. The Bertz CT molecular complexity index is 759. The van der Waals surface area contributed by atoms with Crippen molar-refractivity contribution in [2.24, 2.45) is 5.92 Å². The molecule has 2 aliphatic rings. The molecule has 0 radical (unpaired) electrons. The molecule has 2 fully saturated rings. The molecule has 2 N–H and O–H groups in total. The topological polar surface area (TPSA) is 78.1 Å². The Labute approximate surface area is 153 Å². The van der Waals surface area contributed by atoms with Gasteiger partial charge in [-0.15, -0.1) is 0 Å². The summed E-state index contributed by atoms with van der Waals surface area (Å²) in [5, 5.41) is 9.72. The van der Waals surface area contributed by atoms with Crippen LogP contribution in [-0.4, -0.2) is 39.0 Å². The quantitative estimate of drug-likeness (QED) is 0.887. The van der Waals surface area contributed by atoms with E-state index in [2.05, 4.69) is 15.5 Å². The molecular weight excluding hydrogens is 328 g/mol. The lowest BCUT2D eigenvalue weighted by Gasteiger charge is -2.33. The summed E-state index contributed by atoms with van der Waals surface area (Å²) >= 11 is 0. The fourth-order valence-electron chi connectivity index (χ4n) is 4.40. The van der Waals surface area contributed by atoms with Crippen LogP contribution in [0.4, 0.5) is 0 Å². The van der Waals surface area contributed by atoms with E-state index in [-0.39, 0.29) is 17.9 Å². The molecule has 136 valence electrons. The van der Waals surface area contributed by atoms with Crippen LogP contribution in [0.2, 0.25) is 0 Å². The lowest BCUT2D eigenvalue weighted by molar-refractivity contribution is -0.125. The van der Waals surface area contributed by atoms with Gasteiger partial charge >= 0.3 is 0 Å². The number of nitrogens with zero attached hydrogens (tertiary/aromatic N) is 2. The molecule has 0 unspecified atom stereocenters. The molecule has 0 spiro atoms. The average Bonchev–Trinajstić information content (AvgIpc) is 3.34. The highest BCUT2D eigenvalue weighted by Crippen LogP contribution is 2.40. The van der Waals surface area contributed by atoms with Crippen molar-refractivity contribution in [2.75, 3.05) is 0 Å². The Morgan fingerprint density at radius 2 is 1.96 bits per heavy atom. The molecule has 6 heteroatoms. The molecule has 26 heavy (non-hydrogen) atoms. The fraction of sp³-hybridized carbons (Fsp3) is 0.450. The van der Waals surface area contributed by atoms with Crippen molar-refractivity contribution in [3.8, 4) is 0 Å². The molecule has 1 aromatic carbocycles. The van der Waals surface area contributed by atoms with Crippen LogP contribution in [0.25, 0.3) is 0 Å². The highest BCUT2D eigenvalue weighted by Gasteiger charge is 2.47. The minimum Gasteiger partial charge on any atom is -0.349 e. The largest absolute Gasteiger partial charge is 0.349 e. The first kappa shape index (κ1) is 16.8. The Morgan fingerprint density at radius 3 is 2.73 bits per heavy atom. The zero-order valence-corrected chi connectivity index (χ0v) is 14.7. The summed E-state index contributed by atoms with van der Waals surface area (Å²) in [4.78, 5) is 27.9. The van der Waals surface area contributed by atoms with E-state index in [1.807, 2.05) is 41.3 Å². The van der Waals surface area contributed by atoms with Crippen LogP contribution in [0, 0.1) is 5.92 Å². The van der Waals surface area contributed by atoms with Gasteiger partial charge in [-0.2, -0.15) is 5.10 Å². The standard InChI is InChI=1S/C20H24N4O2/c25-19(21-13-16-10-11-22-23-16)18-12-15-8-4-5-9-17(15)24(18)20(26)14-6-2-1-3-7-14/h1-3,6-7,10-11,15,17-18H,4-5,8-9,12-13H2,(H,21,25)(H,22,23)/t15-,17-,18+/m1/s1. The lowest BCUT2D eigenvalue weighted by atomic mass is 9.84. The number of carbonyl (C=O) groups excluding carboxylic acids is 2. The van der Waals surface area contributed by atoms with Crippen molar-refractivity contribution in [3.05, 3.63) is 53.9 Å². The molecule has 3 atom stereocenters. The van der Waals surface area contributed by atoms with Crippen LogP contribution in [0.5, 0.6) is 0 Å². The van der Waals surface area contributed by atoms with Crippen molar-refractivity contribution >= 4 is 11.8 Å². The van der Waals surface area contributed by atoms with Gasteiger partial charge in [0.05, 0.1) is 12.2 Å². The summed E-state index contributed by atoms with van der Waals surface area (Å²) in [7, 11) is 0. The number of nitrogens with one attached hydrogen (secondary N) is 2. The number of amides is 2. The number of hydrogen-bond acceptors (Lipinski definition) is 3. The molecule has 2 amide bonds. The van der Waals surface area contributed by atoms with E-state index in [1.54, 1.807) is 6.20 Å². The lowest BCUT2D eigenvalue weighted by Crippen LogP contribution is -2.49. The van der Waals surface area contributed by atoms with Gasteiger partial charge in [0.15, 0.2) is 0 Å². The summed E-state index contributed by atoms with van der Waals surface area (Å²) in [5.41, 5.74) is 1.51. The van der Waals surface area contributed by atoms with Gasteiger partial charge in [-0.3, -0.25) is 14.7 Å². The maximum Gasteiger partial charge on any atom is 0.254 e. The number of benzene rings is 1. The summed E-state index contributed by atoms with van der Waals surface area (Å²) in [6.45, 7) is 0.401. The van der Waals surface area contributed by atoms with Gasteiger partial charge < -0.3 is 10.2 Å². The Hall–Kier alpha value is -2.63. The second-order valence-corrected chi connectivity index (χ2v) is 7.24. The highest BCUT2D eigenvalue weighted by atomic mass is 16.2. The molecular formula is C20H24N4O2. The first-order valence-corrected chi connectivity index (χ1v) is 9.37. The van der Waals surface area contributed by atoms with Crippen LogP contribution >= 0.6 is 0 Å². The number of rotatable bonds is 4. The van der Waals surface area contributed by atoms with Gasteiger partial charge in [0.25, 0.3) is 5.91 Å². The van der Waals surface area contributed by atoms with Crippen LogP contribution in [0.3, 0.4) is 0 Å². The van der Waals surface area contributed by atoms with Crippen LogP contribution in [0.15, 0.2) is 42.6 Å². The van der Waals surface area contributed by atoms with Gasteiger partial charge in [-0.25, -0.2) is 0 Å². The van der Waals surface area contributed by atoms with Crippen LogP contribution < -0.4 is 5.32 Å². The Morgan fingerprint density at radius 1 is 1.15 bits per heavy atom. The highest BCUT2D eigenvalue weighted by molar-refractivity contribution is 5.98. The van der Waals surface area contributed by atoms with E-state index in [0.717, 1.165) is 31.4 Å². The number of aromatic amines is 1. The molecule has 1 saturated carbocycles. The number of hydrogen-bond donors (Lipinski definition) is 2. The predicted molar refractivity (Wildman–Crippen MR) is 97.2 cm³/mol. The van der Waals surface area contributed by atoms with Crippen LogP contribution in [0.1, 0.15) is 48.2 Å². The second kappa shape index (κ2) is 7.32. The SMILES string of the molecule is O=C(NCc1ccn[nH]1)[C@@H]1C[C@H]2CCCC[C@H]2N1C(=O)c1ccccc1. The zero-order chi connectivity index (χ0) is 17.9. The number of fused-ring (bicyclic) bond motifs is 1. The summed E-state index contributed by atoms with van der Waals surface area (Å²) in [6, 6.07) is 10.9. The van der Waals surface area contributed by atoms with Crippen molar-refractivity contribution in [1.29, 1.82) is 0 Å². The number of H-pyrrole nitrogens is 1. The van der Waals surface area contributed by atoms with Gasteiger partial charge in [-0.1, -0.05) is 31.0 Å². The van der Waals surface area contributed by atoms with Gasteiger partial charge in [0, 0.05) is 17.8 Å². The van der Waals surface area contributed by atoms with Crippen molar-refractivity contribution in [1.82, 2.24) is 20.4 Å². The Balaban J connectivity index is 1.54. The fourth-order valence-corrected chi connectivity index (χ4v) is 4.40. The number of likely N-dealkylation sites (tertiary alicyclic amines) is 1. The molecule has 2 aromatic rings. The van der Waals surface area contributed by atoms with Gasteiger partial charge in [0.2, 0.25) is 5.91 Å². The van der Waals surface area contributed by atoms with Crippen molar-refractivity contribution in [3.63, 3.8) is 0 Å². The van der Waals surface area contributed by atoms with E-state index < -0.39 is 6.04 Å². The molecule has 0 bridgehead atoms. The summed E-state index contributed by atoms with van der Waals surface area (Å²) < 4.78 is 0. The summed E-state index contributed by atoms with van der Waals surface area (Å²) in [5.74, 6) is 0.333. The smallest absolute Gasteiger partial charge is 0.254 e. The normalized spacial score (nSPS) is 24.9. The van der Waals surface area contributed by atoms with E-state index >= 15 is 0 Å². The van der Waals surface area contributed by atoms with E-state index in [0.29, 0.717) is 18.0 Å². The first-order valence-electron chi connectivity index (χ1n) is 9.37. The third-order valence-corrected chi connectivity index (χ3v) is 5.66.